The van der Waals surface area contributed by atoms with Crippen molar-refractivity contribution in [3.05, 3.63) is 125 Å². The van der Waals surface area contributed by atoms with Crippen LogP contribution in [-0.4, -0.2) is 26.4 Å². The summed E-state index contributed by atoms with van der Waals surface area (Å²) in [6, 6.07) is 31.2. The Morgan fingerprint density at radius 1 is 0.674 bits per heavy atom. The highest BCUT2D eigenvalue weighted by Crippen LogP contribution is 2.38. The number of pyridine rings is 1. The number of hydrogen-bond donors (Lipinski definition) is 0. The number of ether oxygens (including phenoxy) is 2. The van der Waals surface area contributed by atoms with Gasteiger partial charge in [-0.15, -0.1) is 0 Å². The van der Waals surface area contributed by atoms with Crippen LogP contribution in [-0.2, 0) is 12.8 Å². The molecule has 3 heterocycles. The molecule has 0 saturated heterocycles. The molecule has 0 aliphatic rings. The highest BCUT2D eigenvalue weighted by molar-refractivity contribution is 6.09. The molecule has 0 saturated carbocycles. The Morgan fingerprint density at radius 3 is 2.20 bits per heavy atom. The van der Waals surface area contributed by atoms with Crippen LogP contribution in [0, 0.1) is 20.8 Å². The molecule has 0 fully saturated rings. The van der Waals surface area contributed by atoms with Crippen LogP contribution >= 0.6 is 0 Å². The molecule has 7 rings (SSSR count). The maximum atomic E-state index is 6.55. The van der Waals surface area contributed by atoms with Crippen molar-refractivity contribution in [3.8, 4) is 39.9 Å². The van der Waals surface area contributed by atoms with Crippen LogP contribution in [0.3, 0.4) is 0 Å². The number of fused-ring (bicyclic) bond motifs is 3. The van der Waals surface area contributed by atoms with Gasteiger partial charge in [-0.05, 0) is 86.7 Å². The number of hydrogen-bond acceptors (Lipinski definition) is 4. The lowest BCUT2D eigenvalue weighted by Gasteiger charge is -2.14. The van der Waals surface area contributed by atoms with E-state index in [-0.39, 0.29) is 0 Å². The van der Waals surface area contributed by atoms with E-state index in [2.05, 4.69) is 105 Å². The lowest BCUT2D eigenvalue weighted by atomic mass is 9.91. The minimum atomic E-state index is 0.744. The molecular weight excluding hydrogens is 568 g/mol. The number of para-hydroxylation sites is 1. The smallest absolute Gasteiger partial charge is 0.141 e. The maximum absolute atomic E-state index is 6.55. The van der Waals surface area contributed by atoms with Gasteiger partial charge in [-0.25, -0.2) is 9.67 Å². The zero-order chi connectivity index (χ0) is 31.9. The third kappa shape index (κ3) is 5.00. The predicted octanol–water partition coefficient (Wildman–Crippen LogP) is 9.88. The first-order valence-corrected chi connectivity index (χ1v) is 15.9. The summed E-state index contributed by atoms with van der Waals surface area (Å²) in [5.74, 6) is 3.04. The topological polar surface area (TPSA) is 54.1 Å². The van der Waals surface area contributed by atoms with E-state index in [1.807, 2.05) is 30.3 Å². The van der Waals surface area contributed by atoms with Gasteiger partial charge in [0.15, 0.2) is 0 Å². The van der Waals surface area contributed by atoms with Gasteiger partial charge in [0.2, 0.25) is 0 Å². The minimum absolute atomic E-state index is 0.744. The fourth-order valence-electron chi connectivity index (χ4n) is 6.88. The Hall–Kier alpha value is -5.36. The van der Waals surface area contributed by atoms with Gasteiger partial charge in [0.1, 0.15) is 23.1 Å². The Balaban J connectivity index is 1.31. The van der Waals surface area contributed by atoms with Gasteiger partial charge < -0.3 is 9.47 Å². The van der Waals surface area contributed by atoms with Gasteiger partial charge in [-0.2, -0.15) is 5.10 Å². The molecule has 0 aliphatic carbocycles. The summed E-state index contributed by atoms with van der Waals surface area (Å²) < 4.78 is 16.3. The lowest BCUT2D eigenvalue weighted by Crippen LogP contribution is -2.03. The van der Waals surface area contributed by atoms with E-state index < -0.39 is 0 Å². The van der Waals surface area contributed by atoms with E-state index in [1.165, 1.54) is 33.5 Å². The zero-order valence-electron chi connectivity index (χ0n) is 27.3. The summed E-state index contributed by atoms with van der Waals surface area (Å²) in [6.45, 7) is 11.0. The number of nitrogens with zero attached hydrogens (tertiary/aromatic N) is 4. The van der Waals surface area contributed by atoms with Crippen LogP contribution in [0.15, 0.2) is 97.2 Å². The molecule has 0 amide bonds. The first-order valence-electron chi connectivity index (χ1n) is 15.9. The molecule has 4 aromatic carbocycles. The minimum Gasteiger partial charge on any atom is -0.497 e. The van der Waals surface area contributed by atoms with Gasteiger partial charge in [0, 0.05) is 40.7 Å². The lowest BCUT2D eigenvalue weighted by molar-refractivity contribution is 0.414. The van der Waals surface area contributed by atoms with E-state index >= 15 is 0 Å². The molecule has 6 nitrogen and oxygen atoms in total. The summed E-state index contributed by atoms with van der Waals surface area (Å²) >= 11 is 0. The largest absolute Gasteiger partial charge is 0.497 e. The van der Waals surface area contributed by atoms with Crippen LogP contribution < -0.4 is 9.47 Å². The van der Waals surface area contributed by atoms with E-state index in [4.69, 9.17) is 19.6 Å². The average molecular weight is 607 g/mol. The number of rotatable bonds is 8. The molecule has 0 radical (unpaired) electrons. The van der Waals surface area contributed by atoms with Crippen molar-refractivity contribution >= 4 is 21.8 Å². The Morgan fingerprint density at radius 2 is 1.43 bits per heavy atom. The molecule has 0 unspecified atom stereocenters. The summed E-state index contributed by atoms with van der Waals surface area (Å²) in [5.41, 5.74) is 11.8. The van der Waals surface area contributed by atoms with E-state index in [0.29, 0.717) is 0 Å². The second kappa shape index (κ2) is 11.9. The van der Waals surface area contributed by atoms with Crippen molar-refractivity contribution in [2.24, 2.45) is 0 Å². The Labute approximate surface area is 269 Å². The zero-order valence-corrected chi connectivity index (χ0v) is 27.3. The third-order valence-corrected chi connectivity index (χ3v) is 8.78. The first kappa shape index (κ1) is 29.4. The predicted molar refractivity (Wildman–Crippen MR) is 187 cm³/mol. The van der Waals surface area contributed by atoms with E-state index in [0.717, 1.165) is 69.1 Å². The van der Waals surface area contributed by atoms with Crippen LogP contribution in [0.5, 0.6) is 17.2 Å². The summed E-state index contributed by atoms with van der Waals surface area (Å²) in [4.78, 5) is 4.69. The number of benzene rings is 4. The van der Waals surface area contributed by atoms with Crippen molar-refractivity contribution in [1.82, 2.24) is 19.3 Å². The fraction of sp³-hybridized carbons (Fsp3) is 0.200. The van der Waals surface area contributed by atoms with Gasteiger partial charge in [-0.3, -0.25) is 4.57 Å². The van der Waals surface area contributed by atoms with Crippen molar-refractivity contribution in [2.75, 3.05) is 7.11 Å². The van der Waals surface area contributed by atoms with Crippen LogP contribution in [0.2, 0.25) is 0 Å². The Kier molecular flexibility index (Phi) is 7.57. The molecule has 7 aromatic rings. The van der Waals surface area contributed by atoms with Gasteiger partial charge >= 0.3 is 0 Å². The first-order chi connectivity index (χ1) is 22.4. The number of aryl methyl sites for hydroxylation is 4. The highest BCUT2D eigenvalue weighted by atomic mass is 16.5. The van der Waals surface area contributed by atoms with E-state index in [1.54, 1.807) is 13.3 Å². The monoisotopic (exact) mass is 606 g/mol. The standard InChI is InChI=1S/C40H38N4O2/c1-7-34-40(39-26(4)20-25(3)21-27(39)5)35(8-2)44(42-34)28-12-11-13-30(22-28)46-31-16-17-33-32-14-9-10-15-36(32)43(37(33)23-31)38-24-29(45-6)18-19-41-38/h9-24H,7-8H2,1-6H3. The maximum Gasteiger partial charge on any atom is 0.141 e. The molecule has 0 bridgehead atoms. The van der Waals surface area contributed by atoms with Crippen molar-refractivity contribution in [1.29, 1.82) is 0 Å². The van der Waals surface area contributed by atoms with Crippen molar-refractivity contribution in [2.45, 2.75) is 47.5 Å². The molecule has 0 spiro atoms. The van der Waals surface area contributed by atoms with Gasteiger partial charge in [0.25, 0.3) is 0 Å². The molecule has 0 atom stereocenters. The van der Waals surface area contributed by atoms with Gasteiger partial charge in [0.05, 0.1) is 35.2 Å². The van der Waals surface area contributed by atoms with Crippen molar-refractivity contribution < 1.29 is 9.47 Å². The van der Waals surface area contributed by atoms with Crippen LogP contribution in [0.1, 0.15) is 41.9 Å². The normalized spacial score (nSPS) is 11.4. The van der Waals surface area contributed by atoms with Crippen LogP contribution in [0.4, 0.5) is 0 Å². The molecule has 0 N–H and O–H groups in total. The second-order valence-corrected chi connectivity index (χ2v) is 11.8. The summed E-state index contributed by atoms with van der Waals surface area (Å²) in [6.07, 6.45) is 3.49. The Bertz CT molecular complexity index is 2220. The third-order valence-electron chi connectivity index (χ3n) is 8.78. The molecule has 0 aliphatic heterocycles. The summed E-state index contributed by atoms with van der Waals surface area (Å²) in [5, 5.41) is 7.45. The molecule has 46 heavy (non-hydrogen) atoms. The average Bonchev–Trinajstić information content (AvgIpc) is 3.59. The molecule has 3 aromatic heterocycles. The SMILES string of the molecule is CCc1nn(-c2cccc(Oc3ccc4c5ccccc5n(-c5cc(OC)ccn5)c4c3)c2)c(CC)c1-c1c(C)cc(C)cc1C. The van der Waals surface area contributed by atoms with Crippen LogP contribution in [0.25, 0.3) is 44.4 Å². The fourth-order valence-corrected chi connectivity index (χ4v) is 6.88. The molecule has 6 heteroatoms. The van der Waals surface area contributed by atoms with E-state index in [9.17, 15) is 0 Å². The number of methoxy groups -OCH3 is 1. The summed E-state index contributed by atoms with van der Waals surface area (Å²) in [7, 11) is 1.67. The highest BCUT2D eigenvalue weighted by Gasteiger charge is 2.22. The second-order valence-electron chi connectivity index (χ2n) is 11.8. The van der Waals surface area contributed by atoms with Gasteiger partial charge in [-0.1, -0.05) is 55.8 Å². The molecule has 230 valence electrons. The quantitative estimate of drug-likeness (QED) is 0.173. The van der Waals surface area contributed by atoms with Crippen molar-refractivity contribution in [3.63, 3.8) is 0 Å². The molecular formula is C40H38N4O2. The number of aromatic nitrogens is 4.